The van der Waals surface area contributed by atoms with Gasteiger partial charge in [0.2, 0.25) is 0 Å². The van der Waals surface area contributed by atoms with E-state index in [1.54, 1.807) is 17.0 Å². The molecule has 0 unspecified atom stereocenters. The number of aromatic hydroxyl groups is 1. The summed E-state index contributed by atoms with van der Waals surface area (Å²) >= 11 is 3.27. The van der Waals surface area contributed by atoms with Gasteiger partial charge in [0.25, 0.3) is 5.91 Å². The van der Waals surface area contributed by atoms with Gasteiger partial charge in [-0.15, -0.1) is 0 Å². The lowest BCUT2D eigenvalue weighted by Gasteiger charge is -2.21. The van der Waals surface area contributed by atoms with Crippen molar-refractivity contribution >= 4 is 21.8 Å². The Bertz CT molecular complexity index is 599. The van der Waals surface area contributed by atoms with Crippen LogP contribution >= 0.6 is 15.9 Å². The molecule has 2 aromatic carbocycles. The van der Waals surface area contributed by atoms with Gasteiger partial charge in [-0.3, -0.25) is 4.79 Å². The van der Waals surface area contributed by atoms with Crippen LogP contribution in [0, 0.1) is 0 Å². The van der Waals surface area contributed by atoms with E-state index in [1.165, 1.54) is 6.07 Å². The van der Waals surface area contributed by atoms with Crippen LogP contribution in [-0.2, 0) is 6.54 Å². The molecule has 4 heteroatoms. The highest BCUT2D eigenvalue weighted by Crippen LogP contribution is 2.24. The van der Waals surface area contributed by atoms with Crippen LogP contribution in [0.5, 0.6) is 5.75 Å². The minimum Gasteiger partial charge on any atom is -0.507 e. The lowest BCUT2D eigenvalue weighted by Crippen LogP contribution is -2.30. The zero-order valence-corrected chi connectivity index (χ0v) is 12.8. The third kappa shape index (κ3) is 3.39. The Kier molecular flexibility index (Phi) is 4.79. The monoisotopic (exact) mass is 333 g/mol. The molecule has 104 valence electrons. The quantitative estimate of drug-likeness (QED) is 0.923. The maximum absolute atomic E-state index is 12.5. The van der Waals surface area contributed by atoms with Gasteiger partial charge in [-0.25, -0.2) is 0 Å². The van der Waals surface area contributed by atoms with Crippen LogP contribution in [0.25, 0.3) is 0 Å². The Morgan fingerprint density at radius 1 is 1.20 bits per heavy atom. The summed E-state index contributed by atoms with van der Waals surface area (Å²) < 4.78 is 0.748. The second kappa shape index (κ2) is 6.57. The molecule has 0 aliphatic carbocycles. The number of carbonyl (C=O) groups excluding carboxylic acids is 1. The summed E-state index contributed by atoms with van der Waals surface area (Å²) in [5.74, 6) is -0.169. The highest BCUT2D eigenvalue weighted by molar-refractivity contribution is 9.10. The molecule has 1 N–H and O–H groups in total. The molecular formula is C16H16BrNO2. The Morgan fingerprint density at radius 2 is 1.90 bits per heavy atom. The van der Waals surface area contributed by atoms with Crippen molar-refractivity contribution in [3.63, 3.8) is 0 Å². The average Bonchev–Trinajstić information content (AvgIpc) is 2.45. The number of carbonyl (C=O) groups is 1. The normalized spacial score (nSPS) is 10.3. The molecule has 1 amide bonds. The number of nitrogens with zero attached hydrogens (tertiary/aromatic N) is 1. The summed E-state index contributed by atoms with van der Waals surface area (Å²) in [4.78, 5) is 14.2. The van der Waals surface area contributed by atoms with Gasteiger partial charge in [0, 0.05) is 17.6 Å². The van der Waals surface area contributed by atoms with E-state index in [1.807, 2.05) is 37.3 Å². The van der Waals surface area contributed by atoms with Crippen molar-refractivity contribution in [3.05, 3.63) is 64.1 Å². The van der Waals surface area contributed by atoms with E-state index in [9.17, 15) is 9.90 Å². The minimum atomic E-state index is -0.165. The number of phenolic OH excluding ortho intramolecular Hbond substituents is 1. The maximum Gasteiger partial charge on any atom is 0.257 e. The van der Waals surface area contributed by atoms with Crippen molar-refractivity contribution in [2.75, 3.05) is 6.54 Å². The average molecular weight is 334 g/mol. The molecule has 0 aliphatic rings. The molecule has 0 aliphatic heterocycles. The van der Waals surface area contributed by atoms with Crippen molar-refractivity contribution < 1.29 is 9.90 Å². The van der Waals surface area contributed by atoms with Crippen LogP contribution in [0.2, 0.25) is 0 Å². The number of hydrogen-bond acceptors (Lipinski definition) is 2. The second-order valence-electron chi connectivity index (χ2n) is 4.47. The smallest absolute Gasteiger partial charge is 0.257 e. The van der Waals surface area contributed by atoms with Gasteiger partial charge in [0.05, 0.1) is 5.56 Å². The second-order valence-corrected chi connectivity index (χ2v) is 5.38. The van der Waals surface area contributed by atoms with Gasteiger partial charge >= 0.3 is 0 Å². The van der Waals surface area contributed by atoms with Gasteiger partial charge in [0.1, 0.15) is 5.75 Å². The number of benzene rings is 2. The summed E-state index contributed by atoms with van der Waals surface area (Å²) in [5, 5.41) is 9.89. The van der Waals surface area contributed by atoms with Gasteiger partial charge in [-0.05, 0) is 30.7 Å². The van der Waals surface area contributed by atoms with Gasteiger partial charge < -0.3 is 10.0 Å². The van der Waals surface area contributed by atoms with Crippen molar-refractivity contribution in [1.82, 2.24) is 4.90 Å². The molecule has 0 fully saturated rings. The van der Waals surface area contributed by atoms with Crippen LogP contribution in [0.4, 0.5) is 0 Å². The molecule has 0 spiro atoms. The fourth-order valence-corrected chi connectivity index (χ4v) is 2.34. The number of phenols is 1. The van der Waals surface area contributed by atoms with E-state index in [0.29, 0.717) is 18.7 Å². The largest absolute Gasteiger partial charge is 0.507 e. The standard InChI is InChI=1S/C16H16BrNO2/c1-2-18(11-12-6-4-3-5-7-12)16(20)14-9-8-13(17)10-15(14)19/h3-10,19H,2,11H2,1H3. The van der Waals surface area contributed by atoms with E-state index < -0.39 is 0 Å². The van der Waals surface area contributed by atoms with Crippen molar-refractivity contribution in [3.8, 4) is 5.75 Å². The number of rotatable bonds is 4. The van der Waals surface area contributed by atoms with Crippen molar-refractivity contribution in [2.45, 2.75) is 13.5 Å². The first kappa shape index (κ1) is 14.6. The van der Waals surface area contributed by atoms with Crippen LogP contribution in [0.15, 0.2) is 53.0 Å². The fourth-order valence-electron chi connectivity index (χ4n) is 1.99. The van der Waals surface area contributed by atoms with E-state index in [0.717, 1.165) is 10.0 Å². The first-order valence-corrected chi connectivity index (χ1v) is 7.23. The van der Waals surface area contributed by atoms with Gasteiger partial charge in [-0.2, -0.15) is 0 Å². The molecule has 20 heavy (non-hydrogen) atoms. The summed E-state index contributed by atoms with van der Waals surface area (Å²) in [5.41, 5.74) is 1.39. The molecule has 0 bridgehead atoms. The summed E-state index contributed by atoms with van der Waals surface area (Å²) in [6.07, 6.45) is 0. The number of hydrogen-bond donors (Lipinski definition) is 1. The van der Waals surface area contributed by atoms with Gasteiger partial charge in [-0.1, -0.05) is 46.3 Å². The van der Waals surface area contributed by atoms with Crippen LogP contribution in [-0.4, -0.2) is 22.5 Å². The molecule has 0 saturated heterocycles. The molecule has 0 aromatic heterocycles. The van der Waals surface area contributed by atoms with Gasteiger partial charge in [0.15, 0.2) is 0 Å². The summed E-state index contributed by atoms with van der Waals surface area (Å²) in [7, 11) is 0. The molecule has 0 radical (unpaired) electrons. The summed E-state index contributed by atoms with van der Waals surface area (Å²) in [6, 6.07) is 14.7. The molecule has 3 nitrogen and oxygen atoms in total. The maximum atomic E-state index is 12.5. The molecular weight excluding hydrogens is 318 g/mol. The Morgan fingerprint density at radius 3 is 2.50 bits per heavy atom. The minimum absolute atomic E-state index is 0.00381. The SMILES string of the molecule is CCN(Cc1ccccc1)C(=O)c1ccc(Br)cc1O. The molecule has 2 rings (SSSR count). The van der Waals surface area contributed by atoms with Crippen LogP contribution < -0.4 is 0 Å². The highest BCUT2D eigenvalue weighted by Gasteiger charge is 2.18. The number of halogens is 1. The highest BCUT2D eigenvalue weighted by atomic mass is 79.9. The third-order valence-electron chi connectivity index (χ3n) is 3.08. The first-order chi connectivity index (χ1) is 9.61. The zero-order valence-electron chi connectivity index (χ0n) is 11.2. The van der Waals surface area contributed by atoms with E-state index in [2.05, 4.69) is 15.9 Å². The molecule has 0 heterocycles. The lowest BCUT2D eigenvalue weighted by molar-refractivity contribution is 0.0749. The number of amides is 1. The van der Waals surface area contributed by atoms with Crippen molar-refractivity contribution in [2.24, 2.45) is 0 Å². The Hall–Kier alpha value is -1.81. The van der Waals surface area contributed by atoms with Crippen LogP contribution in [0.3, 0.4) is 0 Å². The Balaban J connectivity index is 2.21. The Labute approximate surface area is 127 Å². The molecule has 0 saturated carbocycles. The molecule has 2 aromatic rings. The third-order valence-corrected chi connectivity index (χ3v) is 3.57. The predicted octanol–water partition coefficient (Wildman–Crippen LogP) is 3.82. The molecule has 0 atom stereocenters. The zero-order chi connectivity index (χ0) is 14.5. The van der Waals surface area contributed by atoms with Crippen LogP contribution in [0.1, 0.15) is 22.8 Å². The fraction of sp³-hybridized carbons (Fsp3) is 0.188. The van der Waals surface area contributed by atoms with Crippen molar-refractivity contribution in [1.29, 1.82) is 0 Å². The predicted molar refractivity (Wildman–Crippen MR) is 82.7 cm³/mol. The van der Waals surface area contributed by atoms with E-state index in [4.69, 9.17) is 0 Å². The topological polar surface area (TPSA) is 40.5 Å². The van der Waals surface area contributed by atoms with E-state index >= 15 is 0 Å². The van der Waals surface area contributed by atoms with E-state index in [-0.39, 0.29) is 11.7 Å². The lowest BCUT2D eigenvalue weighted by atomic mass is 10.1. The first-order valence-electron chi connectivity index (χ1n) is 6.43. The summed E-state index contributed by atoms with van der Waals surface area (Å²) in [6.45, 7) is 3.05.